The maximum Gasteiger partial charge on any atom is 0.433 e. The number of nitrogens with two attached hydrogens (primary N) is 1. The normalized spacial score (nSPS) is 16.7. The van der Waals surface area contributed by atoms with Gasteiger partial charge in [-0.3, -0.25) is 4.90 Å². The third kappa shape index (κ3) is 13.6. The van der Waals surface area contributed by atoms with E-state index in [9.17, 15) is 13.2 Å². The average Bonchev–Trinajstić information content (AvgIpc) is 3.79. The highest BCUT2D eigenvalue weighted by Gasteiger charge is 2.34. The smallest absolute Gasteiger partial charge is 0.433 e. The molecular weight excluding hydrogens is 619 g/mol. The van der Waals surface area contributed by atoms with Crippen LogP contribution in [0.5, 0.6) is 5.88 Å². The number of aromatic nitrogens is 4. The van der Waals surface area contributed by atoms with Gasteiger partial charge in [0.1, 0.15) is 23.8 Å². The van der Waals surface area contributed by atoms with E-state index < -0.39 is 11.9 Å². The summed E-state index contributed by atoms with van der Waals surface area (Å²) in [5.74, 6) is 1.16. The van der Waals surface area contributed by atoms with E-state index in [1.807, 2.05) is 32.9 Å². The Balaban J connectivity index is 0.000000390. The summed E-state index contributed by atoms with van der Waals surface area (Å²) in [6, 6.07) is 6.60. The number of ether oxygens (including phenoxy) is 1. The number of H-pyrrole nitrogens is 1. The van der Waals surface area contributed by atoms with Gasteiger partial charge in [-0.2, -0.15) is 18.4 Å². The van der Waals surface area contributed by atoms with Crippen molar-refractivity contribution in [1.82, 2.24) is 30.2 Å². The number of piperidine rings is 1. The monoisotopic (exact) mass is 673 g/mol. The number of nitrogens with one attached hydrogen (secondary N) is 3. The first-order valence-electron chi connectivity index (χ1n) is 16.9. The number of nitriles is 1. The van der Waals surface area contributed by atoms with Crippen LogP contribution in [0.2, 0.25) is 0 Å². The number of alkyl halides is 3. The predicted molar refractivity (Wildman–Crippen MR) is 187 cm³/mol. The summed E-state index contributed by atoms with van der Waals surface area (Å²) >= 11 is 0. The summed E-state index contributed by atoms with van der Waals surface area (Å²) in [7, 11) is 0. The van der Waals surface area contributed by atoms with Crippen LogP contribution in [-0.4, -0.2) is 63.3 Å². The van der Waals surface area contributed by atoms with E-state index in [-0.39, 0.29) is 13.4 Å². The number of fused-ring (bicyclic) bond motifs is 1. The minimum absolute atomic E-state index is 0. The Morgan fingerprint density at radius 2 is 1.79 bits per heavy atom. The van der Waals surface area contributed by atoms with Crippen molar-refractivity contribution in [3.05, 3.63) is 53.9 Å². The minimum atomic E-state index is -4.45. The van der Waals surface area contributed by atoms with Gasteiger partial charge in [0.15, 0.2) is 0 Å². The molecule has 0 atom stereocenters. The van der Waals surface area contributed by atoms with Gasteiger partial charge < -0.3 is 26.2 Å². The molecular formula is C35H54F3N9O. The van der Waals surface area contributed by atoms with Crippen LogP contribution >= 0.6 is 0 Å². The molecule has 3 aliphatic rings. The first kappa shape index (κ1) is 40.2. The Labute approximate surface area is 284 Å². The Hall–Kier alpha value is -4.02. The van der Waals surface area contributed by atoms with Crippen LogP contribution in [0.1, 0.15) is 97.4 Å². The molecule has 0 unspecified atom stereocenters. The summed E-state index contributed by atoms with van der Waals surface area (Å²) in [5.41, 5.74) is 7.15. The van der Waals surface area contributed by atoms with Crippen LogP contribution in [0.3, 0.4) is 0 Å². The van der Waals surface area contributed by atoms with E-state index in [1.165, 1.54) is 38.0 Å². The molecule has 3 aromatic rings. The third-order valence-electron chi connectivity index (χ3n) is 7.84. The second kappa shape index (κ2) is 21.8. The highest BCUT2D eigenvalue weighted by molar-refractivity contribution is 6.11. The maximum atomic E-state index is 13.1. The van der Waals surface area contributed by atoms with Crippen LogP contribution in [0.4, 0.5) is 13.2 Å². The average molecular weight is 674 g/mol. The molecule has 13 heteroatoms. The lowest BCUT2D eigenvalue weighted by Gasteiger charge is -2.24. The highest BCUT2D eigenvalue weighted by atomic mass is 19.4. The van der Waals surface area contributed by atoms with Gasteiger partial charge in [-0.25, -0.2) is 15.0 Å². The number of halogens is 3. The minimum Gasteiger partial charge on any atom is -0.474 e. The molecule has 0 radical (unpaired) electrons. The molecule has 0 aromatic carbocycles. The molecule has 0 bridgehead atoms. The lowest BCUT2D eigenvalue weighted by molar-refractivity contribution is -0.141. The topological polar surface area (TPSA) is 153 Å². The standard InChI is InChI=1S/C16H22F3N3O.C9H9N5.C5H10.C3H5N.C2H6.H2/c17-16(18,19)14-9-12(11-22-7-1-2-8-22)10-15(21-14)23-13-3-5-20-6-4-13;10-3-6(4-11)8-7-1-2-12-9(7)14-5-13-8;1-5-3-2-4-5;1-2-3-4;1-2;/h9-10,13,20H,1-8,11H2;1-5,10H,11H2,(H,12,13,14);5H,2-4H2,1H3;2H2,1H3;1-2H3;1H/b;6-4+,10-3?;;;;. The van der Waals surface area contributed by atoms with Gasteiger partial charge in [0.25, 0.3) is 0 Å². The fourth-order valence-electron chi connectivity index (χ4n) is 5.05. The van der Waals surface area contributed by atoms with E-state index in [4.69, 9.17) is 21.1 Å². The van der Waals surface area contributed by atoms with Crippen molar-refractivity contribution in [2.75, 3.05) is 26.2 Å². The molecule has 2 aliphatic heterocycles. The van der Waals surface area contributed by atoms with Crippen LogP contribution in [-0.2, 0) is 12.7 Å². The Kier molecular flexibility index (Phi) is 18.2. The van der Waals surface area contributed by atoms with Gasteiger partial charge in [-0.05, 0) is 75.5 Å². The van der Waals surface area contributed by atoms with E-state index in [1.54, 1.807) is 12.3 Å². The second-order valence-corrected chi connectivity index (χ2v) is 11.5. The number of hydrogen-bond donors (Lipinski definition) is 4. The molecule has 266 valence electrons. The van der Waals surface area contributed by atoms with Gasteiger partial charge in [0.2, 0.25) is 5.88 Å². The van der Waals surface area contributed by atoms with E-state index in [0.29, 0.717) is 29.8 Å². The van der Waals surface area contributed by atoms with Crippen molar-refractivity contribution < 1.29 is 19.3 Å². The van der Waals surface area contributed by atoms with Crippen molar-refractivity contribution in [3.63, 3.8) is 0 Å². The number of nitrogens with zero attached hydrogens (tertiary/aromatic N) is 5. The first-order chi connectivity index (χ1) is 23.2. The molecule has 10 nitrogen and oxygen atoms in total. The molecule has 48 heavy (non-hydrogen) atoms. The SMILES string of the molecule is CC.CC1CCC1.CCC#N.FC(F)(F)c1cc(CN2CCCC2)cc(OC2CCNCC2)n1.N=C/C(=C\N)c1ncnc2[nH]ccc12.[HH]. The molecule has 0 spiro atoms. The summed E-state index contributed by atoms with van der Waals surface area (Å²) in [4.78, 5) is 17.0. The van der Waals surface area contributed by atoms with Gasteiger partial charge >= 0.3 is 6.18 Å². The molecule has 1 aliphatic carbocycles. The van der Waals surface area contributed by atoms with Crippen molar-refractivity contribution in [3.8, 4) is 11.9 Å². The van der Waals surface area contributed by atoms with E-state index in [0.717, 1.165) is 74.9 Å². The van der Waals surface area contributed by atoms with Crippen molar-refractivity contribution in [2.24, 2.45) is 11.7 Å². The summed E-state index contributed by atoms with van der Waals surface area (Å²) in [5, 5.41) is 18.9. The first-order valence-corrected chi connectivity index (χ1v) is 16.9. The zero-order valence-corrected chi connectivity index (χ0v) is 28.7. The second-order valence-electron chi connectivity index (χ2n) is 11.5. The van der Waals surface area contributed by atoms with Crippen molar-refractivity contribution in [2.45, 2.75) is 97.9 Å². The molecule has 3 fully saturated rings. The number of hydrogen-bond acceptors (Lipinski definition) is 9. The number of rotatable bonds is 6. The van der Waals surface area contributed by atoms with Gasteiger partial charge in [-0.1, -0.05) is 47.0 Å². The zero-order valence-electron chi connectivity index (χ0n) is 28.7. The fraction of sp³-hybridized carbons (Fsp3) is 0.571. The van der Waals surface area contributed by atoms with Gasteiger partial charge in [-0.15, -0.1) is 0 Å². The van der Waals surface area contributed by atoms with Gasteiger partial charge in [0.05, 0.1) is 11.8 Å². The van der Waals surface area contributed by atoms with Gasteiger partial charge in [0, 0.05) is 50.0 Å². The molecule has 3 aromatic heterocycles. The van der Waals surface area contributed by atoms with Crippen molar-refractivity contribution >= 4 is 22.8 Å². The molecule has 6 rings (SSSR count). The predicted octanol–water partition coefficient (Wildman–Crippen LogP) is 7.73. The van der Waals surface area contributed by atoms with Crippen LogP contribution < -0.4 is 15.8 Å². The van der Waals surface area contributed by atoms with E-state index >= 15 is 0 Å². The lowest BCUT2D eigenvalue weighted by Crippen LogP contribution is -2.34. The number of pyridine rings is 1. The zero-order chi connectivity index (χ0) is 35.4. The molecule has 1 saturated carbocycles. The molecule has 5 N–H and O–H groups in total. The Morgan fingerprint density at radius 1 is 1.15 bits per heavy atom. The highest BCUT2D eigenvalue weighted by Crippen LogP contribution is 2.31. The van der Waals surface area contributed by atoms with Crippen LogP contribution in [0.15, 0.2) is 36.9 Å². The number of aromatic amines is 1. The molecule has 5 heterocycles. The third-order valence-corrected chi connectivity index (χ3v) is 7.84. The lowest BCUT2D eigenvalue weighted by atomic mass is 9.88. The van der Waals surface area contributed by atoms with Crippen LogP contribution in [0.25, 0.3) is 16.6 Å². The van der Waals surface area contributed by atoms with Crippen LogP contribution in [0, 0.1) is 22.7 Å². The molecule has 0 amide bonds. The summed E-state index contributed by atoms with van der Waals surface area (Å²) < 4.78 is 45.0. The number of allylic oxidation sites excluding steroid dienone is 1. The molecule has 2 saturated heterocycles. The quantitative estimate of drug-likeness (QED) is 0.194. The number of likely N-dealkylation sites (tertiary alicyclic amines) is 1. The summed E-state index contributed by atoms with van der Waals surface area (Å²) in [6.07, 6.45) is 10.1. The Morgan fingerprint density at radius 3 is 2.31 bits per heavy atom. The maximum absolute atomic E-state index is 13.1. The fourth-order valence-corrected chi connectivity index (χ4v) is 5.05. The summed E-state index contributed by atoms with van der Waals surface area (Å²) in [6.45, 7) is 12.2. The van der Waals surface area contributed by atoms with Crippen molar-refractivity contribution in [1.29, 1.82) is 10.7 Å². The largest absolute Gasteiger partial charge is 0.474 e. The Bertz CT molecular complexity index is 1430. The van der Waals surface area contributed by atoms with E-state index in [2.05, 4.69) is 37.1 Å².